The molecule has 0 unspecified atom stereocenters. The fourth-order valence-corrected chi connectivity index (χ4v) is 0.408. The first-order valence-electron chi connectivity index (χ1n) is 2.19. The highest BCUT2D eigenvalue weighted by Gasteiger charge is 2.03. The van der Waals surface area contributed by atoms with E-state index >= 15 is 0 Å². The van der Waals surface area contributed by atoms with E-state index in [2.05, 4.69) is 6.08 Å². The Hall–Kier alpha value is -1.27. The fourth-order valence-electron chi connectivity index (χ4n) is 0.408. The van der Waals surface area contributed by atoms with Gasteiger partial charge in [0.1, 0.15) is 6.08 Å². The van der Waals surface area contributed by atoms with Gasteiger partial charge in [-0.05, 0) is 0 Å². The molecular formula is C6H5O2+. The number of aliphatic hydroxyl groups excluding tert-OH is 2. The van der Waals surface area contributed by atoms with Crippen LogP contribution in [0, 0.1) is 6.08 Å². The van der Waals surface area contributed by atoms with Gasteiger partial charge in [0.2, 0.25) is 5.76 Å². The van der Waals surface area contributed by atoms with Crippen LogP contribution in [-0.4, -0.2) is 10.2 Å². The Bertz CT molecular complexity index is 155. The Morgan fingerprint density at radius 2 is 2.00 bits per heavy atom. The van der Waals surface area contributed by atoms with Gasteiger partial charge >= 0.3 is 0 Å². The van der Waals surface area contributed by atoms with Gasteiger partial charge in [-0.1, -0.05) is 0 Å². The first-order chi connectivity index (χ1) is 3.79. The van der Waals surface area contributed by atoms with Crippen LogP contribution in [0.2, 0.25) is 0 Å². The normalized spacial score (nSPS) is 16.5. The summed E-state index contributed by atoms with van der Waals surface area (Å²) in [5.41, 5.74) is 0. The third kappa shape index (κ3) is 0.863. The van der Waals surface area contributed by atoms with Crippen LogP contribution in [0.15, 0.2) is 29.7 Å². The Morgan fingerprint density at radius 1 is 1.25 bits per heavy atom. The summed E-state index contributed by atoms with van der Waals surface area (Å²) in [4.78, 5) is 0. The molecule has 0 fully saturated rings. The zero-order chi connectivity index (χ0) is 5.98. The van der Waals surface area contributed by atoms with Crippen molar-refractivity contribution in [1.82, 2.24) is 0 Å². The van der Waals surface area contributed by atoms with Crippen LogP contribution < -0.4 is 0 Å². The minimum atomic E-state index is 0.0443. The lowest BCUT2D eigenvalue weighted by Gasteiger charge is -1.83. The first-order valence-corrected chi connectivity index (χ1v) is 2.19. The van der Waals surface area contributed by atoms with Gasteiger partial charge in [-0.2, -0.15) is 0 Å². The monoisotopic (exact) mass is 109 g/mol. The summed E-state index contributed by atoms with van der Waals surface area (Å²) < 4.78 is 0. The topological polar surface area (TPSA) is 40.5 Å². The molecule has 0 radical (unpaired) electrons. The molecule has 0 heterocycles. The van der Waals surface area contributed by atoms with Crippen molar-refractivity contribution in [3.63, 3.8) is 0 Å². The molecule has 0 spiro atoms. The molecule has 1 aliphatic carbocycles. The highest BCUT2D eigenvalue weighted by molar-refractivity contribution is 5.27. The molecule has 1 rings (SSSR count). The Kier molecular flexibility index (Phi) is 1.03. The van der Waals surface area contributed by atoms with E-state index in [9.17, 15) is 0 Å². The van der Waals surface area contributed by atoms with Crippen molar-refractivity contribution in [3.8, 4) is 0 Å². The highest BCUT2D eigenvalue weighted by Crippen LogP contribution is 2.02. The predicted molar refractivity (Wildman–Crippen MR) is 29.2 cm³/mol. The maximum Gasteiger partial charge on any atom is 0.287 e. The average Bonchev–Trinajstić information content (AvgIpc) is 1.77. The zero-order valence-electron chi connectivity index (χ0n) is 4.13. The van der Waals surface area contributed by atoms with Gasteiger partial charge in [-0.15, -0.1) is 0 Å². The van der Waals surface area contributed by atoms with Crippen LogP contribution >= 0.6 is 0 Å². The van der Waals surface area contributed by atoms with E-state index in [0.29, 0.717) is 0 Å². The lowest BCUT2D eigenvalue weighted by Crippen LogP contribution is -1.82. The van der Waals surface area contributed by atoms with Gasteiger partial charge in [0.05, 0.1) is 18.2 Å². The second-order valence-electron chi connectivity index (χ2n) is 1.43. The minimum Gasteiger partial charge on any atom is -0.481 e. The standard InChI is InChI=1S/C6H4O2/c7-5-1-2-6(8)4-3-5/h1-3H,(H-,7,8)/p+1. The van der Waals surface area contributed by atoms with E-state index in [1.165, 1.54) is 18.2 Å². The summed E-state index contributed by atoms with van der Waals surface area (Å²) in [5, 5.41) is 17.2. The van der Waals surface area contributed by atoms with Crippen LogP contribution in [0.1, 0.15) is 0 Å². The molecule has 0 atom stereocenters. The fraction of sp³-hybridized carbons (Fsp3) is 0. The van der Waals surface area contributed by atoms with Crippen molar-refractivity contribution in [2.75, 3.05) is 0 Å². The van der Waals surface area contributed by atoms with Crippen molar-refractivity contribution in [2.24, 2.45) is 0 Å². The van der Waals surface area contributed by atoms with Crippen molar-refractivity contribution in [1.29, 1.82) is 0 Å². The van der Waals surface area contributed by atoms with Crippen LogP contribution in [0.25, 0.3) is 0 Å². The lowest BCUT2D eigenvalue weighted by molar-refractivity contribution is 0.412. The van der Waals surface area contributed by atoms with E-state index in [0.717, 1.165) is 0 Å². The Balaban J connectivity index is 2.86. The highest BCUT2D eigenvalue weighted by atomic mass is 16.3. The maximum absolute atomic E-state index is 8.61. The maximum atomic E-state index is 8.61. The number of allylic oxidation sites excluding steroid dienone is 4. The average molecular weight is 109 g/mol. The van der Waals surface area contributed by atoms with Gasteiger partial charge < -0.3 is 10.2 Å². The van der Waals surface area contributed by atoms with Gasteiger partial charge in [0, 0.05) is 0 Å². The van der Waals surface area contributed by atoms with Crippen LogP contribution in [0.3, 0.4) is 0 Å². The molecule has 2 N–H and O–H groups in total. The van der Waals surface area contributed by atoms with Crippen LogP contribution in [0.4, 0.5) is 0 Å². The summed E-state index contributed by atoms with van der Waals surface area (Å²) in [5.74, 6) is 0.158. The second-order valence-corrected chi connectivity index (χ2v) is 1.43. The quantitative estimate of drug-likeness (QED) is 0.459. The third-order valence-corrected chi connectivity index (χ3v) is 0.780. The van der Waals surface area contributed by atoms with E-state index in [4.69, 9.17) is 10.2 Å². The molecule has 2 heteroatoms. The number of hydrogen-bond donors (Lipinski definition) is 2. The van der Waals surface area contributed by atoms with E-state index in [1.54, 1.807) is 0 Å². The van der Waals surface area contributed by atoms with Gasteiger partial charge in [-0.3, -0.25) is 0 Å². The number of rotatable bonds is 0. The SMILES string of the molecule is OC1=[C+]C=C(O)C=C1. The zero-order valence-corrected chi connectivity index (χ0v) is 4.13. The largest absolute Gasteiger partial charge is 0.481 e. The van der Waals surface area contributed by atoms with Crippen molar-refractivity contribution < 1.29 is 10.2 Å². The van der Waals surface area contributed by atoms with Gasteiger partial charge in [0.15, 0.2) is 0 Å². The molecule has 0 aromatic rings. The molecule has 0 saturated carbocycles. The molecule has 0 aromatic heterocycles. The van der Waals surface area contributed by atoms with Crippen molar-refractivity contribution in [2.45, 2.75) is 0 Å². The molecule has 0 aromatic carbocycles. The predicted octanol–water partition coefficient (Wildman–Crippen LogP) is 1.24. The second kappa shape index (κ2) is 1.68. The van der Waals surface area contributed by atoms with Crippen LogP contribution in [-0.2, 0) is 0 Å². The molecule has 0 bridgehead atoms. The molecule has 1 aliphatic rings. The van der Waals surface area contributed by atoms with Crippen LogP contribution in [0.5, 0.6) is 0 Å². The van der Waals surface area contributed by atoms with Gasteiger partial charge in [0.25, 0.3) is 5.76 Å². The molecule has 0 saturated heterocycles. The molecule has 40 valence electrons. The Labute approximate surface area is 47.1 Å². The summed E-state index contributed by atoms with van der Waals surface area (Å²) in [7, 11) is 0. The van der Waals surface area contributed by atoms with E-state index in [-0.39, 0.29) is 11.5 Å². The molecule has 0 amide bonds. The van der Waals surface area contributed by atoms with Crippen molar-refractivity contribution in [3.05, 3.63) is 35.8 Å². The minimum absolute atomic E-state index is 0.0443. The summed E-state index contributed by atoms with van der Waals surface area (Å²) in [6.45, 7) is 0. The summed E-state index contributed by atoms with van der Waals surface area (Å²) in [6.07, 6.45) is 6.47. The smallest absolute Gasteiger partial charge is 0.287 e. The number of hydrogen-bond acceptors (Lipinski definition) is 2. The van der Waals surface area contributed by atoms with Crippen molar-refractivity contribution >= 4 is 0 Å². The summed E-state index contributed by atoms with van der Waals surface area (Å²) in [6, 6.07) is 0. The lowest BCUT2D eigenvalue weighted by atomic mass is 10.2. The third-order valence-electron chi connectivity index (χ3n) is 0.780. The summed E-state index contributed by atoms with van der Waals surface area (Å²) >= 11 is 0. The first kappa shape index (κ1) is 4.88. The molecule has 0 aliphatic heterocycles. The van der Waals surface area contributed by atoms with Gasteiger partial charge in [-0.25, -0.2) is 0 Å². The van der Waals surface area contributed by atoms with E-state index in [1.807, 2.05) is 0 Å². The number of aliphatic hydroxyl groups is 2. The molecule has 2 nitrogen and oxygen atoms in total. The molecule has 8 heavy (non-hydrogen) atoms. The Morgan fingerprint density at radius 3 is 2.38 bits per heavy atom. The molecular weight excluding hydrogens is 104 g/mol. The van der Waals surface area contributed by atoms with E-state index < -0.39 is 0 Å².